The zero-order chi connectivity index (χ0) is 12.5. The Bertz CT molecular complexity index is 714. The van der Waals surface area contributed by atoms with Gasteiger partial charge in [0.2, 0.25) is 0 Å². The normalized spacial score (nSPS) is 10.7. The van der Waals surface area contributed by atoms with Crippen LogP contribution >= 0.6 is 0 Å². The zero-order valence-corrected chi connectivity index (χ0v) is 10.4. The number of fused-ring (bicyclic) bond motifs is 1. The van der Waals surface area contributed by atoms with Crippen LogP contribution in [0.5, 0.6) is 0 Å². The summed E-state index contributed by atoms with van der Waals surface area (Å²) < 4.78 is 0. The van der Waals surface area contributed by atoms with E-state index >= 15 is 0 Å². The molecule has 0 spiro atoms. The standard InChI is InChI=1S/C17H15N/c1-12-6-9-16(17(18)10-12)15-8-7-13-4-2-3-5-14(13)11-15/h2-11H,18H2,1H3. The molecule has 0 radical (unpaired) electrons. The number of aryl methyl sites for hydroxylation is 1. The Morgan fingerprint density at radius 1 is 0.778 bits per heavy atom. The summed E-state index contributed by atoms with van der Waals surface area (Å²) in [6, 6.07) is 21.0. The Kier molecular flexibility index (Phi) is 2.52. The maximum atomic E-state index is 6.10. The third-order valence-electron chi connectivity index (χ3n) is 3.27. The van der Waals surface area contributed by atoms with Crippen molar-refractivity contribution in [3.63, 3.8) is 0 Å². The number of nitrogen functional groups attached to an aromatic ring is 1. The van der Waals surface area contributed by atoms with E-state index in [1.165, 1.54) is 21.9 Å². The molecule has 0 unspecified atom stereocenters. The van der Waals surface area contributed by atoms with Crippen LogP contribution in [0.1, 0.15) is 5.56 Å². The van der Waals surface area contributed by atoms with E-state index in [4.69, 9.17) is 5.73 Å². The second-order valence-corrected chi connectivity index (χ2v) is 4.65. The van der Waals surface area contributed by atoms with Crippen LogP contribution in [-0.2, 0) is 0 Å². The fourth-order valence-corrected chi connectivity index (χ4v) is 2.30. The van der Waals surface area contributed by atoms with Crippen LogP contribution in [0.3, 0.4) is 0 Å². The molecule has 2 N–H and O–H groups in total. The lowest BCUT2D eigenvalue weighted by molar-refractivity contribution is 1.47. The van der Waals surface area contributed by atoms with Gasteiger partial charge in [-0.25, -0.2) is 0 Å². The van der Waals surface area contributed by atoms with Crippen molar-refractivity contribution in [3.05, 3.63) is 66.2 Å². The quantitative estimate of drug-likeness (QED) is 0.619. The highest BCUT2D eigenvalue weighted by Crippen LogP contribution is 2.29. The summed E-state index contributed by atoms with van der Waals surface area (Å²) in [6.45, 7) is 2.06. The lowest BCUT2D eigenvalue weighted by Crippen LogP contribution is -1.90. The van der Waals surface area contributed by atoms with Crippen LogP contribution < -0.4 is 5.73 Å². The van der Waals surface area contributed by atoms with Crippen LogP contribution in [0.15, 0.2) is 60.7 Å². The lowest BCUT2D eigenvalue weighted by atomic mass is 9.99. The summed E-state index contributed by atoms with van der Waals surface area (Å²) in [4.78, 5) is 0. The summed E-state index contributed by atoms with van der Waals surface area (Å²) >= 11 is 0. The van der Waals surface area contributed by atoms with E-state index in [0.717, 1.165) is 11.3 Å². The molecule has 0 aliphatic rings. The fraction of sp³-hybridized carbons (Fsp3) is 0.0588. The molecule has 0 aliphatic carbocycles. The molecule has 0 amide bonds. The third kappa shape index (κ3) is 1.84. The monoisotopic (exact) mass is 233 g/mol. The van der Waals surface area contributed by atoms with Crippen molar-refractivity contribution in [1.82, 2.24) is 0 Å². The van der Waals surface area contributed by atoms with Gasteiger partial charge < -0.3 is 5.73 Å². The van der Waals surface area contributed by atoms with E-state index in [0.29, 0.717) is 0 Å². The Morgan fingerprint density at radius 2 is 1.56 bits per heavy atom. The Morgan fingerprint density at radius 3 is 2.33 bits per heavy atom. The fourth-order valence-electron chi connectivity index (χ4n) is 2.30. The van der Waals surface area contributed by atoms with Gasteiger partial charge in [0, 0.05) is 11.3 Å². The molecule has 0 heterocycles. The van der Waals surface area contributed by atoms with Gasteiger partial charge in [0.25, 0.3) is 0 Å². The molecule has 0 fully saturated rings. The minimum atomic E-state index is 0.838. The molecule has 3 rings (SSSR count). The number of benzene rings is 3. The topological polar surface area (TPSA) is 26.0 Å². The second kappa shape index (κ2) is 4.19. The molecular formula is C17H15N. The number of hydrogen-bond acceptors (Lipinski definition) is 1. The maximum Gasteiger partial charge on any atom is 0.0396 e. The number of hydrogen-bond donors (Lipinski definition) is 1. The number of anilines is 1. The van der Waals surface area contributed by atoms with Crippen molar-refractivity contribution in [2.75, 3.05) is 5.73 Å². The molecule has 18 heavy (non-hydrogen) atoms. The first-order valence-electron chi connectivity index (χ1n) is 6.09. The van der Waals surface area contributed by atoms with Crippen molar-refractivity contribution in [2.24, 2.45) is 0 Å². The lowest BCUT2D eigenvalue weighted by Gasteiger charge is -2.08. The van der Waals surface area contributed by atoms with E-state index in [2.05, 4.69) is 61.5 Å². The molecule has 1 nitrogen and oxygen atoms in total. The first kappa shape index (κ1) is 10.8. The van der Waals surface area contributed by atoms with Gasteiger partial charge in [-0.15, -0.1) is 0 Å². The Labute approximate surface area is 107 Å². The van der Waals surface area contributed by atoms with Crippen LogP contribution in [0.25, 0.3) is 21.9 Å². The minimum Gasteiger partial charge on any atom is -0.398 e. The summed E-state index contributed by atoms with van der Waals surface area (Å²) in [5.41, 5.74) is 10.4. The predicted octanol–water partition coefficient (Wildman–Crippen LogP) is 4.40. The van der Waals surface area contributed by atoms with Crippen molar-refractivity contribution >= 4 is 16.5 Å². The highest BCUT2D eigenvalue weighted by Gasteiger charge is 2.03. The van der Waals surface area contributed by atoms with E-state index < -0.39 is 0 Å². The molecule has 3 aromatic rings. The van der Waals surface area contributed by atoms with Gasteiger partial charge in [-0.3, -0.25) is 0 Å². The van der Waals surface area contributed by atoms with Crippen LogP contribution in [0.4, 0.5) is 5.69 Å². The van der Waals surface area contributed by atoms with E-state index in [9.17, 15) is 0 Å². The molecule has 0 bridgehead atoms. The highest BCUT2D eigenvalue weighted by atomic mass is 14.6. The first-order valence-corrected chi connectivity index (χ1v) is 6.09. The second-order valence-electron chi connectivity index (χ2n) is 4.65. The van der Waals surface area contributed by atoms with Crippen molar-refractivity contribution in [3.8, 4) is 11.1 Å². The van der Waals surface area contributed by atoms with Crippen LogP contribution in [-0.4, -0.2) is 0 Å². The first-order chi connectivity index (χ1) is 8.74. The van der Waals surface area contributed by atoms with Gasteiger partial charge in [-0.05, 0) is 41.0 Å². The van der Waals surface area contributed by atoms with Gasteiger partial charge >= 0.3 is 0 Å². The molecule has 0 atom stereocenters. The molecule has 0 aromatic heterocycles. The SMILES string of the molecule is Cc1ccc(-c2ccc3ccccc3c2)c(N)c1. The van der Waals surface area contributed by atoms with E-state index in [1.54, 1.807) is 0 Å². The molecular weight excluding hydrogens is 218 g/mol. The van der Waals surface area contributed by atoms with E-state index in [-0.39, 0.29) is 0 Å². The van der Waals surface area contributed by atoms with Gasteiger partial charge in [-0.2, -0.15) is 0 Å². The molecule has 3 aromatic carbocycles. The van der Waals surface area contributed by atoms with Crippen LogP contribution in [0.2, 0.25) is 0 Å². The number of rotatable bonds is 1. The van der Waals surface area contributed by atoms with E-state index in [1.807, 2.05) is 6.07 Å². The van der Waals surface area contributed by atoms with Gasteiger partial charge in [-0.1, -0.05) is 48.5 Å². The summed E-state index contributed by atoms with van der Waals surface area (Å²) in [5, 5.41) is 2.50. The maximum absolute atomic E-state index is 6.10. The van der Waals surface area contributed by atoms with Gasteiger partial charge in [0.05, 0.1) is 0 Å². The van der Waals surface area contributed by atoms with Gasteiger partial charge in [0.1, 0.15) is 0 Å². The van der Waals surface area contributed by atoms with Crippen molar-refractivity contribution in [2.45, 2.75) is 6.92 Å². The summed E-state index contributed by atoms with van der Waals surface area (Å²) in [5.74, 6) is 0. The molecule has 88 valence electrons. The van der Waals surface area contributed by atoms with Gasteiger partial charge in [0.15, 0.2) is 0 Å². The third-order valence-corrected chi connectivity index (χ3v) is 3.27. The smallest absolute Gasteiger partial charge is 0.0396 e. The Hall–Kier alpha value is -2.28. The highest BCUT2D eigenvalue weighted by molar-refractivity contribution is 5.89. The number of nitrogens with two attached hydrogens (primary N) is 1. The molecule has 0 saturated carbocycles. The molecule has 0 aliphatic heterocycles. The average Bonchev–Trinajstić information content (AvgIpc) is 2.38. The minimum absolute atomic E-state index is 0.838. The zero-order valence-electron chi connectivity index (χ0n) is 10.4. The Balaban J connectivity index is 2.19. The predicted molar refractivity (Wildman–Crippen MR) is 78.5 cm³/mol. The van der Waals surface area contributed by atoms with Crippen molar-refractivity contribution < 1.29 is 0 Å². The average molecular weight is 233 g/mol. The van der Waals surface area contributed by atoms with Crippen molar-refractivity contribution in [1.29, 1.82) is 0 Å². The molecule has 1 heteroatoms. The summed E-state index contributed by atoms with van der Waals surface area (Å²) in [6.07, 6.45) is 0. The summed E-state index contributed by atoms with van der Waals surface area (Å²) in [7, 11) is 0. The van der Waals surface area contributed by atoms with Crippen LogP contribution in [0, 0.1) is 6.92 Å². The largest absolute Gasteiger partial charge is 0.398 e. The molecule has 0 saturated heterocycles.